The van der Waals surface area contributed by atoms with E-state index in [1.54, 1.807) is 0 Å². The minimum atomic E-state index is 0.552. The smallest absolute Gasteiger partial charge is 0.101 e. The first-order chi connectivity index (χ1) is 24.7. The molecule has 5 nitrogen and oxygen atoms in total. The average molecular weight is 636 g/mol. The van der Waals surface area contributed by atoms with E-state index in [-0.39, 0.29) is 0 Å². The average Bonchev–Trinajstić information content (AvgIpc) is 3.70. The molecule has 230 valence electrons. The molecule has 5 heteroatoms. The fourth-order valence-electron chi connectivity index (χ4n) is 7.43. The molecular weight excluding hydrogens is 611 g/mol. The zero-order chi connectivity index (χ0) is 33.8. The number of fused-ring (bicyclic) bond motifs is 6. The number of nitrogens with zero attached hydrogens (tertiary/aromatic N) is 5. The summed E-state index contributed by atoms with van der Waals surface area (Å²) in [6.07, 6.45) is 0. The molecule has 9 rings (SSSR count). The Kier molecular flexibility index (Phi) is 6.56. The zero-order valence-corrected chi connectivity index (χ0v) is 26.7. The predicted octanol–water partition coefficient (Wildman–Crippen LogP) is 10.8. The third-order valence-electron chi connectivity index (χ3n) is 9.65. The van der Waals surface area contributed by atoms with E-state index in [4.69, 9.17) is 0 Å². The van der Waals surface area contributed by atoms with Crippen molar-refractivity contribution in [3.05, 3.63) is 168 Å². The van der Waals surface area contributed by atoms with Gasteiger partial charge in [0.15, 0.2) is 0 Å². The minimum Gasteiger partial charge on any atom is -0.309 e. The lowest BCUT2D eigenvalue weighted by Gasteiger charge is -2.15. The quantitative estimate of drug-likeness (QED) is 0.193. The molecule has 0 unspecified atom stereocenters. The summed E-state index contributed by atoms with van der Waals surface area (Å²) in [4.78, 5) is 0. The van der Waals surface area contributed by atoms with Crippen LogP contribution in [-0.2, 0) is 0 Å². The van der Waals surface area contributed by atoms with E-state index < -0.39 is 0 Å². The molecule has 9 aromatic rings. The number of hydrogen-bond acceptors (Lipinski definition) is 3. The molecule has 2 heterocycles. The maximum Gasteiger partial charge on any atom is 0.101 e. The SMILES string of the molecule is N#Cc1ccc2c(c1)c1c(C#N)cccc1n2-c1ccccc1-c1ccc(-c2ccc(-n3c4ccccc4c4ccccc43)c(C#N)c2)cc1. The van der Waals surface area contributed by atoms with Crippen LogP contribution in [0.5, 0.6) is 0 Å². The molecular formula is C45H25N5. The molecule has 0 bridgehead atoms. The lowest BCUT2D eigenvalue weighted by molar-refractivity contribution is 1.17. The van der Waals surface area contributed by atoms with Gasteiger partial charge in [-0.25, -0.2) is 0 Å². The molecule has 0 amide bonds. The van der Waals surface area contributed by atoms with Gasteiger partial charge in [-0.05, 0) is 77.4 Å². The van der Waals surface area contributed by atoms with Gasteiger partial charge in [0.1, 0.15) is 6.07 Å². The molecule has 2 aromatic heterocycles. The molecule has 0 atom stereocenters. The molecule has 50 heavy (non-hydrogen) atoms. The molecule has 0 aliphatic rings. The van der Waals surface area contributed by atoms with Gasteiger partial charge >= 0.3 is 0 Å². The van der Waals surface area contributed by atoms with Gasteiger partial charge in [-0.1, -0.05) is 91.0 Å². The number of benzene rings is 7. The summed E-state index contributed by atoms with van der Waals surface area (Å²) in [7, 11) is 0. The van der Waals surface area contributed by atoms with Crippen LogP contribution < -0.4 is 0 Å². The molecule has 0 saturated carbocycles. The summed E-state index contributed by atoms with van der Waals surface area (Å²) in [5.41, 5.74) is 11.6. The maximum atomic E-state index is 10.4. The van der Waals surface area contributed by atoms with E-state index >= 15 is 0 Å². The van der Waals surface area contributed by atoms with Gasteiger partial charge in [-0.3, -0.25) is 0 Å². The Morgan fingerprint density at radius 3 is 1.70 bits per heavy atom. The third kappa shape index (κ3) is 4.31. The number of aromatic nitrogens is 2. The van der Waals surface area contributed by atoms with Crippen LogP contribution in [-0.4, -0.2) is 9.13 Å². The molecule has 0 aliphatic heterocycles. The second-order valence-electron chi connectivity index (χ2n) is 12.3. The summed E-state index contributed by atoms with van der Waals surface area (Å²) in [5, 5.41) is 34.0. The van der Waals surface area contributed by atoms with E-state index in [0.717, 1.165) is 77.2 Å². The van der Waals surface area contributed by atoms with Gasteiger partial charge in [0.25, 0.3) is 0 Å². The molecule has 0 fully saturated rings. The number of nitriles is 3. The van der Waals surface area contributed by atoms with Crippen LogP contribution in [0.1, 0.15) is 16.7 Å². The van der Waals surface area contributed by atoms with Crippen LogP contribution in [0.4, 0.5) is 0 Å². The van der Waals surface area contributed by atoms with Crippen molar-refractivity contribution in [3.8, 4) is 51.8 Å². The first kappa shape index (κ1) is 28.8. The van der Waals surface area contributed by atoms with Gasteiger partial charge in [0, 0.05) is 27.1 Å². The summed E-state index contributed by atoms with van der Waals surface area (Å²) in [6, 6.07) is 57.9. The Balaban J connectivity index is 1.15. The molecule has 0 radical (unpaired) electrons. The van der Waals surface area contributed by atoms with Gasteiger partial charge in [0.05, 0.1) is 62.3 Å². The van der Waals surface area contributed by atoms with E-state index in [2.05, 4.69) is 94.1 Å². The van der Waals surface area contributed by atoms with Crippen LogP contribution in [0, 0.1) is 34.0 Å². The number of para-hydroxylation sites is 3. The predicted molar refractivity (Wildman–Crippen MR) is 200 cm³/mol. The van der Waals surface area contributed by atoms with E-state index in [1.807, 2.05) is 84.9 Å². The maximum absolute atomic E-state index is 10.4. The van der Waals surface area contributed by atoms with Crippen molar-refractivity contribution in [2.24, 2.45) is 0 Å². The second-order valence-corrected chi connectivity index (χ2v) is 12.3. The normalized spacial score (nSPS) is 11.1. The molecule has 0 aliphatic carbocycles. The van der Waals surface area contributed by atoms with Crippen molar-refractivity contribution >= 4 is 43.6 Å². The van der Waals surface area contributed by atoms with E-state index in [1.165, 1.54) is 0 Å². The fourth-order valence-corrected chi connectivity index (χ4v) is 7.43. The van der Waals surface area contributed by atoms with Gasteiger partial charge in [-0.2, -0.15) is 15.8 Å². The first-order valence-corrected chi connectivity index (χ1v) is 16.3. The lowest BCUT2D eigenvalue weighted by Crippen LogP contribution is -1.98. The Hall–Kier alpha value is -7.39. The Morgan fingerprint density at radius 2 is 0.980 bits per heavy atom. The van der Waals surface area contributed by atoms with Crippen LogP contribution in [0.3, 0.4) is 0 Å². The molecule has 0 spiro atoms. The Bertz CT molecular complexity index is 2900. The largest absolute Gasteiger partial charge is 0.309 e. The highest BCUT2D eigenvalue weighted by molar-refractivity contribution is 6.13. The Labute approximate surface area is 287 Å². The van der Waals surface area contributed by atoms with Crippen LogP contribution >= 0.6 is 0 Å². The summed E-state index contributed by atoms with van der Waals surface area (Å²) >= 11 is 0. The summed E-state index contributed by atoms with van der Waals surface area (Å²) < 4.78 is 4.37. The van der Waals surface area contributed by atoms with Crippen LogP contribution in [0.25, 0.3) is 77.2 Å². The molecule has 0 N–H and O–H groups in total. The van der Waals surface area contributed by atoms with Crippen LogP contribution in [0.15, 0.2) is 152 Å². The molecule has 7 aromatic carbocycles. The molecule has 0 saturated heterocycles. The van der Waals surface area contributed by atoms with Gasteiger partial charge in [-0.15, -0.1) is 0 Å². The summed E-state index contributed by atoms with van der Waals surface area (Å²) in [5.74, 6) is 0. The van der Waals surface area contributed by atoms with Crippen molar-refractivity contribution in [1.82, 2.24) is 9.13 Å². The topological polar surface area (TPSA) is 81.2 Å². The van der Waals surface area contributed by atoms with E-state index in [0.29, 0.717) is 16.7 Å². The van der Waals surface area contributed by atoms with Crippen molar-refractivity contribution in [3.63, 3.8) is 0 Å². The first-order valence-electron chi connectivity index (χ1n) is 16.3. The van der Waals surface area contributed by atoms with Gasteiger partial charge < -0.3 is 9.13 Å². The third-order valence-corrected chi connectivity index (χ3v) is 9.65. The van der Waals surface area contributed by atoms with Crippen LogP contribution in [0.2, 0.25) is 0 Å². The second kappa shape index (κ2) is 11.4. The van der Waals surface area contributed by atoms with E-state index in [9.17, 15) is 15.8 Å². The number of rotatable bonds is 4. The fraction of sp³-hybridized carbons (Fsp3) is 0. The van der Waals surface area contributed by atoms with Crippen molar-refractivity contribution in [1.29, 1.82) is 15.8 Å². The van der Waals surface area contributed by atoms with Crippen molar-refractivity contribution in [2.45, 2.75) is 0 Å². The Morgan fingerprint density at radius 1 is 0.380 bits per heavy atom. The lowest BCUT2D eigenvalue weighted by atomic mass is 9.97. The highest BCUT2D eigenvalue weighted by Crippen LogP contribution is 2.39. The van der Waals surface area contributed by atoms with Crippen molar-refractivity contribution < 1.29 is 0 Å². The monoisotopic (exact) mass is 635 g/mol. The zero-order valence-electron chi connectivity index (χ0n) is 26.7. The standard InChI is InChI=1S/C45H25N5/c46-26-29-16-22-43-38(24-29)45-33(27-47)8-7-15-44(45)50(43)40-12-4-1-9-35(40)31-19-17-30(18-20-31)32-21-23-39(34(25-32)28-48)49-41-13-5-2-10-36(41)37-11-3-6-14-42(37)49/h1-25H. The highest BCUT2D eigenvalue weighted by Gasteiger charge is 2.19. The summed E-state index contributed by atoms with van der Waals surface area (Å²) in [6.45, 7) is 0. The minimum absolute atomic E-state index is 0.552. The van der Waals surface area contributed by atoms with Crippen molar-refractivity contribution in [2.75, 3.05) is 0 Å². The highest BCUT2D eigenvalue weighted by atomic mass is 15.0. The van der Waals surface area contributed by atoms with Gasteiger partial charge in [0.2, 0.25) is 0 Å². The number of hydrogen-bond donors (Lipinski definition) is 0.